The molecule has 2 saturated heterocycles. The molecule has 7 nitrogen and oxygen atoms in total. The quantitative estimate of drug-likeness (QED) is 0.600. The van der Waals surface area contributed by atoms with Crippen molar-refractivity contribution in [1.82, 2.24) is 19.2 Å². The molecule has 0 atom stereocenters. The van der Waals surface area contributed by atoms with Gasteiger partial charge in [-0.1, -0.05) is 12.1 Å². The highest BCUT2D eigenvalue weighted by Crippen LogP contribution is 2.32. The van der Waals surface area contributed by atoms with Crippen LogP contribution in [-0.2, 0) is 21.2 Å². The van der Waals surface area contributed by atoms with Gasteiger partial charge in [-0.25, -0.2) is 13.4 Å². The van der Waals surface area contributed by atoms with E-state index in [1.54, 1.807) is 22.6 Å². The number of amides is 1. The number of fused-ring (bicyclic) bond motifs is 1. The van der Waals surface area contributed by atoms with Crippen LogP contribution in [0.5, 0.6) is 0 Å². The lowest BCUT2D eigenvalue weighted by Gasteiger charge is -2.32. The lowest BCUT2D eigenvalue weighted by atomic mass is 9.89. The van der Waals surface area contributed by atoms with E-state index in [2.05, 4.69) is 22.2 Å². The number of sulfonamides is 1. The molecule has 1 amide bonds. The number of hydrogen-bond donors (Lipinski definition) is 1. The third-order valence-electron chi connectivity index (χ3n) is 7.02. The normalized spacial score (nSPS) is 18.2. The zero-order valence-electron chi connectivity index (χ0n) is 18.7. The zero-order valence-corrected chi connectivity index (χ0v) is 19.6. The largest absolute Gasteiger partial charge is 0.346 e. The minimum Gasteiger partial charge on any atom is -0.346 e. The summed E-state index contributed by atoms with van der Waals surface area (Å²) < 4.78 is 26.9. The second-order valence-electron chi connectivity index (χ2n) is 9.05. The summed E-state index contributed by atoms with van der Waals surface area (Å²) in [6.45, 7) is 2.74. The van der Waals surface area contributed by atoms with Crippen molar-refractivity contribution in [2.45, 2.75) is 49.3 Å². The van der Waals surface area contributed by atoms with E-state index in [4.69, 9.17) is 0 Å². The first-order chi connectivity index (χ1) is 16.0. The predicted molar refractivity (Wildman–Crippen MR) is 127 cm³/mol. The van der Waals surface area contributed by atoms with Crippen LogP contribution < -0.4 is 0 Å². The van der Waals surface area contributed by atoms with E-state index in [1.807, 2.05) is 23.1 Å². The first-order valence-corrected chi connectivity index (χ1v) is 13.3. The summed E-state index contributed by atoms with van der Waals surface area (Å²) in [7, 11) is -3.39. The maximum absolute atomic E-state index is 12.8. The van der Waals surface area contributed by atoms with Gasteiger partial charge in [0.2, 0.25) is 15.9 Å². The number of likely N-dealkylation sites (tertiary alicyclic amines) is 1. The third-order valence-corrected chi connectivity index (χ3v) is 8.94. The summed E-state index contributed by atoms with van der Waals surface area (Å²) in [5.74, 6) is 0.611. The van der Waals surface area contributed by atoms with Crippen LogP contribution in [0.3, 0.4) is 0 Å². The molecule has 0 radical (unpaired) electrons. The molecule has 5 rings (SSSR count). The Kier molecular flexibility index (Phi) is 6.21. The molecule has 1 N–H and O–H groups in total. The van der Waals surface area contributed by atoms with Crippen molar-refractivity contribution in [2.75, 3.05) is 26.2 Å². The van der Waals surface area contributed by atoms with E-state index in [9.17, 15) is 13.2 Å². The van der Waals surface area contributed by atoms with Gasteiger partial charge in [-0.3, -0.25) is 4.79 Å². The van der Waals surface area contributed by atoms with Gasteiger partial charge in [0.1, 0.15) is 5.65 Å². The number of carbonyl (C=O) groups excluding carboxylic acids is 1. The molecule has 174 valence electrons. The van der Waals surface area contributed by atoms with Crippen LogP contribution in [0.4, 0.5) is 0 Å². The van der Waals surface area contributed by atoms with Crippen molar-refractivity contribution in [3.05, 3.63) is 59.9 Å². The van der Waals surface area contributed by atoms with Crippen LogP contribution in [0, 0.1) is 0 Å². The Morgan fingerprint density at radius 2 is 1.76 bits per heavy atom. The van der Waals surface area contributed by atoms with E-state index in [0.29, 0.717) is 36.7 Å². The van der Waals surface area contributed by atoms with Gasteiger partial charge < -0.3 is 9.88 Å². The predicted octanol–water partition coefficient (Wildman–Crippen LogP) is 3.69. The maximum Gasteiger partial charge on any atom is 0.243 e. The molecular formula is C25H30N4O3S. The van der Waals surface area contributed by atoms with Gasteiger partial charge in [0.25, 0.3) is 0 Å². The number of nitrogens with one attached hydrogen (secondary N) is 1. The Labute approximate surface area is 194 Å². The molecule has 0 bridgehead atoms. The molecule has 0 unspecified atom stereocenters. The highest BCUT2D eigenvalue weighted by molar-refractivity contribution is 7.89. The van der Waals surface area contributed by atoms with Crippen molar-refractivity contribution in [3.8, 4) is 0 Å². The Bertz CT molecular complexity index is 1220. The number of rotatable bonds is 6. The number of aromatic nitrogens is 2. The first-order valence-electron chi connectivity index (χ1n) is 11.8. The number of piperidine rings is 1. The van der Waals surface area contributed by atoms with Gasteiger partial charge in [-0.2, -0.15) is 4.31 Å². The van der Waals surface area contributed by atoms with Crippen molar-refractivity contribution in [2.24, 2.45) is 0 Å². The fraction of sp³-hybridized carbons (Fsp3) is 0.440. The fourth-order valence-electron chi connectivity index (χ4n) is 5.07. The van der Waals surface area contributed by atoms with Gasteiger partial charge in [-0.05, 0) is 73.4 Å². The van der Waals surface area contributed by atoms with Crippen molar-refractivity contribution >= 4 is 27.0 Å². The Morgan fingerprint density at radius 3 is 2.48 bits per heavy atom. The zero-order chi connectivity index (χ0) is 22.8. The Morgan fingerprint density at radius 1 is 1.03 bits per heavy atom. The summed E-state index contributed by atoms with van der Waals surface area (Å²) >= 11 is 0. The maximum atomic E-state index is 12.8. The Balaban J connectivity index is 1.13. The van der Waals surface area contributed by atoms with Gasteiger partial charge in [0.15, 0.2) is 0 Å². The van der Waals surface area contributed by atoms with Crippen molar-refractivity contribution in [1.29, 1.82) is 0 Å². The highest BCUT2D eigenvalue weighted by atomic mass is 32.2. The number of benzene rings is 1. The summed E-state index contributed by atoms with van der Waals surface area (Å²) in [5.41, 5.74) is 3.21. The van der Waals surface area contributed by atoms with Crippen LogP contribution in [0.2, 0.25) is 0 Å². The third kappa shape index (κ3) is 4.54. The molecule has 4 heterocycles. The average Bonchev–Trinajstić information content (AvgIpc) is 3.54. The van der Waals surface area contributed by atoms with Crippen LogP contribution in [0.1, 0.15) is 49.1 Å². The van der Waals surface area contributed by atoms with Crippen molar-refractivity contribution in [3.63, 3.8) is 0 Å². The van der Waals surface area contributed by atoms with E-state index in [-0.39, 0.29) is 5.91 Å². The lowest BCUT2D eigenvalue weighted by Crippen LogP contribution is -2.38. The molecule has 3 aromatic rings. The number of aromatic amines is 1. The van der Waals surface area contributed by atoms with E-state index in [0.717, 1.165) is 50.0 Å². The van der Waals surface area contributed by atoms with Gasteiger partial charge in [0, 0.05) is 50.4 Å². The fourth-order valence-corrected chi connectivity index (χ4v) is 6.59. The molecule has 33 heavy (non-hydrogen) atoms. The molecule has 0 aliphatic carbocycles. The van der Waals surface area contributed by atoms with Crippen LogP contribution in [0.25, 0.3) is 11.0 Å². The molecule has 0 spiro atoms. The Hall–Kier alpha value is -2.71. The summed E-state index contributed by atoms with van der Waals surface area (Å²) in [4.78, 5) is 22.7. The molecule has 2 aliphatic rings. The van der Waals surface area contributed by atoms with Gasteiger partial charge in [-0.15, -0.1) is 0 Å². The minimum absolute atomic E-state index is 0.169. The number of H-pyrrole nitrogens is 1. The van der Waals surface area contributed by atoms with E-state index in [1.165, 1.54) is 10.9 Å². The summed E-state index contributed by atoms with van der Waals surface area (Å²) in [6, 6.07) is 11.1. The second kappa shape index (κ2) is 9.27. The smallest absolute Gasteiger partial charge is 0.243 e. The number of carbonyl (C=O) groups is 1. The first kappa shape index (κ1) is 22.1. The van der Waals surface area contributed by atoms with Gasteiger partial charge >= 0.3 is 0 Å². The number of pyridine rings is 1. The standard InChI is InChI=1S/C25H30N4O3S/c30-24(10-7-19-5-8-21(9-6-19)33(31,32)29-14-1-2-15-29)28-16-11-20(12-17-28)23-18-27-25-22(23)4-3-13-26-25/h3-6,8-9,13,18,20H,1-2,7,10-12,14-17H2,(H,26,27). The molecule has 2 aliphatic heterocycles. The molecule has 8 heteroatoms. The lowest BCUT2D eigenvalue weighted by molar-refractivity contribution is -0.132. The monoisotopic (exact) mass is 466 g/mol. The van der Waals surface area contributed by atoms with Gasteiger partial charge in [0.05, 0.1) is 4.90 Å². The second-order valence-corrected chi connectivity index (χ2v) is 11.0. The van der Waals surface area contributed by atoms with Crippen molar-refractivity contribution < 1.29 is 13.2 Å². The topological polar surface area (TPSA) is 86.4 Å². The van der Waals surface area contributed by atoms with E-state index < -0.39 is 10.0 Å². The summed E-state index contributed by atoms with van der Waals surface area (Å²) in [6.07, 6.45) is 8.69. The molecule has 0 saturated carbocycles. The number of hydrogen-bond acceptors (Lipinski definition) is 4. The van der Waals surface area contributed by atoms with E-state index >= 15 is 0 Å². The highest BCUT2D eigenvalue weighted by Gasteiger charge is 2.27. The van der Waals surface area contributed by atoms with Crippen LogP contribution in [0.15, 0.2) is 53.7 Å². The summed E-state index contributed by atoms with van der Waals surface area (Å²) in [5, 5.41) is 1.18. The average molecular weight is 467 g/mol. The molecule has 1 aromatic carbocycles. The molecule has 2 aromatic heterocycles. The molecule has 2 fully saturated rings. The molecular weight excluding hydrogens is 436 g/mol. The SMILES string of the molecule is O=C(CCc1ccc(S(=O)(=O)N2CCCC2)cc1)N1CCC(c2c[nH]c3ncccc23)CC1. The minimum atomic E-state index is -3.39. The van der Waals surface area contributed by atoms with Crippen LogP contribution in [-0.4, -0.2) is 59.7 Å². The number of aryl methyl sites for hydroxylation is 1. The number of nitrogens with zero attached hydrogens (tertiary/aromatic N) is 3. The van der Waals surface area contributed by atoms with Crippen LogP contribution >= 0.6 is 0 Å².